The molecule has 0 amide bonds. The standard InChI is InChI=1S/C25H40N2O5/c1-5-7-24(27-12-10-20(28)21(29)16-25(27)30)26(11-6-2)19-9-8-17-14-22(31-3)23(32-4)15-18(17)13-19/h14-15,19,21,24-25,29-30H,5-13,16H2,1-4H3. The third-order valence-electron chi connectivity index (χ3n) is 6.98. The van der Waals surface area contributed by atoms with Crippen LogP contribution in [0.1, 0.15) is 63.5 Å². The lowest BCUT2D eigenvalue weighted by Gasteiger charge is -2.46. The first-order valence-corrected chi connectivity index (χ1v) is 12.1. The summed E-state index contributed by atoms with van der Waals surface area (Å²) in [6, 6.07) is 4.55. The summed E-state index contributed by atoms with van der Waals surface area (Å²) < 4.78 is 11.0. The van der Waals surface area contributed by atoms with E-state index in [1.165, 1.54) is 11.1 Å². The van der Waals surface area contributed by atoms with E-state index in [9.17, 15) is 15.0 Å². The number of likely N-dealkylation sites (tertiary alicyclic amines) is 1. The smallest absolute Gasteiger partial charge is 0.162 e. The van der Waals surface area contributed by atoms with E-state index in [0.717, 1.165) is 56.6 Å². The fourth-order valence-electron chi connectivity index (χ4n) is 5.33. The van der Waals surface area contributed by atoms with Crippen molar-refractivity contribution >= 4 is 5.78 Å². The number of hydrogen-bond donors (Lipinski definition) is 2. The molecule has 0 radical (unpaired) electrons. The van der Waals surface area contributed by atoms with Gasteiger partial charge in [-0.2, -0.15) is 0 Å². The van der Waals surface area contributed by atoms with Gasteiger partial charge in [-0.3, -0.25) is 14.6 Å². The number of hydrogen-bond acceptors (Lipinski definition) is 7. The van der Waals surface area contributed by atoms with Crippen molar-refractivity contribution in [2.45, 2.75) is 89.8 Å². The van der Waals surface area contributed by atoms with Crippen LogP contribution in [0.2, 0.25) is 0 Å². The van der Waals surface area contributed by atoms with Gasteiger partial charge in [0.2, 0.25) is 0 Å². The molecule has 4 atom stereocenters. The lowest BCUT2D eigenvalue weighted by Crippen LogP contribution is -2.57. The first-order valence-electron chi connectivity index (χ1n) is 12.1. The zero-order chi connectivity index (χ0) is 23.3. The van der Waals surface area contributed by atoms with Crippen molar-refractivity contribution in [3.63, 3.8) is 0 Å². The van der Waals surface area contributed by atoms with Crippen molar-refractivity contribution in [1.82, 2.24) is 9.80 Å². The number of carbonyl (C=O) groups is 1. The van der Waals surface area contributed by atoms with Gasteiger partial charge in [-0.15, -0.1) is 0 Å². The average Bonchev–Trinajstić information content (AvgIpc) is 2.92. The normalized spacial score (nSPS) is 25.3. The number of carbonyl (C=O) groups excluding carboxylic acids is 1. The van der Waals surface area contributed by atoms with Crippen LogP contribution in [-0.2, 0) is 17.6 Å². The Labute approximate surface area is 192 Å². The van der Waals surface area contributed by atoms with Crippen LogP contribution >= 0.6 is 0 Å². The van der Waals surface area contributed by atoms with Crippen LogP contribution in [0.3, 0.4) is 0 Å². The van der Waals surface area contributed by atoms with Gasteiger partial charge >= 0.3 is 0 Å². The minimum Gasteiger partial charge on any atom is -0.493 e. The highest BCUT2D eigenvalue weighted by atomic mass is 16.5. The topological polar surface area (TPSA) is 82.5 Å². The van der Waals surface area contributed by atoms with E-state index in [2.05, 4.69) is 35.8 Å². The first kappa shape index (κ1) is 25.0. The van der Waals surface area contributed by atoms with Crippen LogP contribution in [0.15, 0.2) is 12.1 Å². The fourth-order valence-corrected chi connectivity index (χ4v) is 5.33. The zero-order valence-electron chi connectivity index (χ0n) is 20.0. The van der Waals surface area contributed by atoms with Crippen LogP contribution in [0.5, 0.6) is 11.5 Å². The molecule has 1 saturated heterocycles. The largest absolute Gasteiger partial charge is 0.493 e. The van der Waals surface area contributed by atoms with Crippen LogP contribution in [0, 0.1) is 0 Å². The molecule has 1 aliphatic heterocycles. The molecule has 1 aromatic rings. The van der Waals surface area contributed by atoms with E-state index in [-0.39, 0.29) is 24.8 Å². The molecule has 32 heavy (non-hydrogen) atoms. The second kappa shape index (κ2) is 11.5. The third-order valence-corrected chi connectivity index (χ3v) is 6.98. The summed E-state index contributed by atoms with van der Waals surface area (Å²) in [6.07, 6.45) is 4.37. The SMILES string of the molecule is CCCC(N1CCC(=O)C(O)CC1O)N(CCC)C1CCc2cc(OC)c(OC)cc2C1. The molecule has 2 N–H and O–H groups in total. The van der Waals surface area contributed by atoms with Crippen LogP contribution in [0.25, 0.3) is 0 Å². The number of aliphatic hydroxyl groups is 2. The molecule has 0 aromatic heterocycles. The molecule has 1 aliphatic carbocycles. The van der Waals surface area contributed by atoms with Gasteiger partial charge < -0.3 is 19.7 Å². The van der Waals surface area contributed by atoms with Crippen molar-refractivity contribution in [2.75, 3.05) is 27.3 Å². The maximum Gasteiger partial charge on any atom is 0.162 e. The van der Waals surface area contributed by atoms with Crippen molar-refractivity contribution in [2.24, 2.45) is 0 Å². The number of methoxy groups -OCH3 is 2. The highest BCUT2D eigenvalue weighted by Gasteiger charge is 2.37. The number of aliphatic hydroxyl groups excluding tert-OH is 2. The fraction of sp³-hybridized carbons (Fsp3) is 0.720. The van der Waals surface area contributed by atoms with Crippen LogP contribution in [0.4, 0.5) is 0 Å². The number of ketones is 1. The molecule has 0 saturated carbocycles. The van der Waals surface area contributed by atoms with Gasteiger partial charge in [0.25, 0.3) is 0 Å². The molecule has 0 spiro atoms. The molecule has 1 aromatic carbocycles. The average molecular weight is 449 g/mol. The Morgan fingerprint density at radius 2 is 1.78 bits per heavy atom. The second-order valence-electron chi connectivity index (χ2n) is 9.07. The monoisotopic (exact) mass is 448 g/mol. The molecule has 0 bridgehead atoms. The molecule has 3 rings (SSSR count). The van der Waals surface area contributed by atoms with E-state index in [1.54, 1.807) is 14.2 Å². The van der Waals surface area contributed by atoms with Crippen molar-refractivity contribution in [1.29, 1.82) is 0 Å². The van der Waals surface area contributed by atoms with Gasteiger partial charge in [0.1, 0.15) is 12.3 Å². The van der Waals surface area contributed by atoms with Crippen molar-refractivity contribution in [3.8, 4) is 11.5 Å². The number of rotatable bonds is 9. The van der Waals surface area contributed by atoms with Gasteiger partial charge in [0.05, 0.1) is 20.4 Å². The Kier molecular flexibility index (Phi) is 8.94. The van der Waals surface area contributed by atoms with Crippen molar-refractivity contribution in [3.05, 3.63) is 23.3 Å². The van der Waals surface area contributed by atoms with Gasteiger partial charge in [-0.1, -0.05) is 20.3 Å². The maximum atomic E-state index is 12.1. The van der Waals surface area contributed by atoms with E-state index in [1.807, 2.05) is 0 Å². The summed E-state index contributed by atoms with van der Waals surface area (Å²) in [6.45, 7) is 5.76. The summed E-state index contributed by atoms with van der Waals surface area (Å²) in [5, 5.41) is 21.0. The third kappa shape index (κ3) is 5.45. The van der Waals surface area contributed by atoms with E-state index < -0.39 is 12.3 Å². The zero-order valence-corrected chi connectivity index (χ0v) is 20.0. The second-order valence-corrected chi connectivity index (χ2v) is 9.07. The maximum absolute atomic E-state index is 12.1. The van der Waals surface area contributed by atoms with Gasteiger partial charge in [-0.05, 0) is 61.9 Å². The first-order chi connectivity index (χ1) is 15.4. The summed E-state index contributed by atoms with van der Waals surface area (Å²) in [5.74, 6) is 1.36. The highest BCUT2D eigenvalue weighted by Crippen LogP contribution is 2.36. The van der Waals surface area contributed by atoms with Gasteiger partial charge in [0.15, 0.2) is 17.3 Å². The predicted octanol–water partition coefficient (Wildman–Crippen LogP) is 2.74. The van der Waals surface area contributed by atoms with Crippen LogP contribution < -0.4 is 9.47 Å². The number of aryl methyl sites for hydroxylation is 1. The number of fused-ring (bicyclic) bond motifs is 1. The Bertz CT molecular complexity index is 771. The quantitative estimate of drug-likeness (QED) is 0.601. The number of Topliss-reactive ketones (excluding diaryl/α,β-unsaturated/α-hetero) is 1. The number of nitrogens with zero attached hydrogens (tertiary/aromatic N) is 2. The summed E-state index contributed by atoms with van der Waals surface area (Å²) in [5.41, 5.74) is 2.60. The Balaban J connectivity index is 1.87. The Morgan fingerprint density at radius 3 is 2.41 bits per heavy atom. The molecular formula is C25H40N2O5. The Morgan fingerprint density at radius 1 is 1.09 bits per heavy atom. The molecule has 7 nitrogen and oxygen atoms in total. The number of benzene rings is 1. The molecular weight excluding hydrogens is 408 g/mol. The highest BCUT2D eigenvalue weighted by molar-refractivity contribution is 5.83. The lowest BCUT2D eigenvalue weighted by molar-refractivity contribution is -0.127. The summed E-state index contributed by atoms with van der Waals surface area (Å²) >= 11 is 0. The molecule has 1 heterocycles. The van der Waals surface area contributed by atoms with Crippen LogP contribution in [-0.4, -0.2) is 77.6 Å². The molecule has 7 heteroatoms. The molecule has 180 valence electrons. The minimum atomic E-state index is -1.07. The summed E-state index contributed by atoms with van der Waals surface area (Å²) in [7, 11) is 3.34. The van der Waals surface area contributed by atoms with Crippen molar-refractivity contribution < 1.29 is 24.5 Å². The minimum absolute atomic E-state index is 0.0414. The lowest BCUT2D eigenvalue weighted by atomic mass is 9.86. The predicted molar refractivity (Wildman–Crippen MR) is 124 cm³/mol. The molecule has 1 fully saturated rings. The molecule has 2 aliphatic rings. The molecule has 4 unspecified atom stereocenters. The van der Waals surface area contributed by atoms with E-state index >= 15 is 0 Å². The van der Waals surface area contributed by atoms with E-state index in [0.29, 0.717) is 12.6 Å². The van der Waals surface area contributed by atoms with Gasteiger partial charge in [0, 0.05) is 25.4 Å². The van der Waals surface area contributed by atoms with E-state index in [4.69, 9.17) is 9.47 Å². The summed E-state index contributed by atoms with van der Waals surface area (Å²) in [4.78, 5) is 16.7. The number of ether oxygens (including phenoxy) is 2. The Hall–Kier alpha value is -1.67. The van der Waals surface area contributed by atoms with Gasteiger partial charge in [-0.25, -0.2) is 0 Å².